The van der Waals surface area contributed by atoms with Crippen LogP contribution in [0.1, 0.15) is 36.2 Å². The SMILES string of the molecule is CN1C(=O)N(c2ncc(C(=O)Nc3cnccc3N3CCNCC3)o2)C2CCCCC21. The first-order valence-corrected chi connectivity index (χ1v) is 10.9. The number of likely N-dealkylation sites (N-methyl/N-ethyl adjacent to an activating group) is 1. The highest BCUT2D eigenvalue weighted by molar-refractivity contribution is 6.04. The lowest BCUT2D eigenvalue weighted by molar-refractivity contribution is 0.0997. The third-order valence-corrected chi connectivity index (χ3v) is 6.46. The van der Waals surface area contributed by atoms with Crippen molar-refractivity contribution < 1.29 is 14.0 Å². The maximum absolute atomic E-state index is 12.9. The number of piperazine rings is 1. The normalized spacial score (nSPS) is 23.8. The predicted molar refractivity (Wildman–Crippen MR) is 115 cm³/mol. The zero-order chi connectivity index (χ0) is 21.4. The maximum atomic E-state index is 12.9. The second-order valence-corrected chi connectivity index (χ2v) is 8.27. The van der Waals surface area contributed by atoms with Gasteiger partial charge in [0, 0.05) is 39.4 Å². The molecule has 2 aromatic heterocycles. The Morgan fingerprint density at radius 1 is 1.19 bits per heavy atom. The highest BCUT2D eigenvalue weighted by Crippen LogP contribution is 2.36. The summed E-state index contributed by atoms with van der Waals surface area (Å²) in [4.78, 5) is 39.7. The Kier molecular flexibility index (Phi) is 5.23. The van der Waals surface area contributed by atoms with Gasteiger partial charge in [-0.1, -0.05) is 12.8 Å². The van der Waals surface area contributed by atoms with E-state index in [2.05, 4.69) is 25.5 Å². The number of hydrogen-bond donors (Lipinski definition) is 2. The number of rotatable bonds is 4. The molecule has 2 aliphatic heterocycles. The van der Waals surface area contributed by atoms with E-state index in [4.69, 9.17) is 4.42 Å². The number of fused-ring (bicyclic) bond motifs is 1. The molecule has 4 heterocycles. The van der Waals surface area contributed by atoms with Crippen molar-refractivity contribution in [3.05, 3.63) is 30.4 Å². The van der Waals surface area contributed by atoms with E-state index in [0.29, 0.717) is 5.69 Å². The summed E-state index contributed by atoms with van der Waals surface area (Å²) in [5.74, 6) is -0.344. The summed E-state index contributed by atoms with van der Waals surface area (Å²) in [6.07, 6.45) is 8.82. The molecule has 10 nitrogen and oxygen atoms in total. The van der Waals surface area contributed by atoms with Crippen LogP contribution in [-0.2, 0) is 0 Å². The van der Waals surface area contributed by atoms with Crippen molar-refractivity contribution in [3.63, 3.8) is 0 Å². The van der Waals surface area contributed by atoms with Gasteiger partial charge in [0.2, 0.25) is 5.76 Å². The molecule has 5 rings (SSSR count). The van der Waals surface area contributed by atoms with Gasteiger partial charge in [-0.15, -0.1) is 0 Å². The van der Waals surface area contributed by atoms with Crippen molar-refractivity contribution in [1.82, 2.24) is 20.2 Å². The maximum Gasteiger partial charge on any atom is 0.328 e. The fourth-order valence-electron chi connectivity index (χ4n) is 4.85. The highest BCUT2D eigenvalue weighted by atomic mass is 16.4. The molecule has 0 aromatic carbocycles. The summed E-state index contributed by atoms with van der Waals surface area (Å²) >= 11 is 0. The second kappa shape index (κ2) is 8.18. The largest absolute Gasteiger partial charge is 0.418 e. The lowest BCUT2D eigenvalue weighted by atomic mass is 9.90. The van der Waals surface area contributed by atoms with Crippen LogP contribution in [0.25, 0.3) is 0 Å². The van der Waals surface area contributed by atoms with Crippen LogP contribution >= 0.6 is 0 Å². The van der Waals surface area contributed by atoms with Crippen molar-refractivity contribution in [3.8, 4) is 0 Å². The van der Waals surface area contributed by atoms with Crippen LogP contribution in [0, 0.1) is 0 Å². The number of hydrogen-bond acceptors (Lipinski definition) is 7. The van der Waals surface area contributed by atoms with E-state index in [9.17, 15) is 9.59 Å². The Morgan fingerprint density at radius 3 is 2.77 bits per heavy atom. The monoisotopic (exact) mass is 425 g/mol. The average Bonchev–Trinajstić information content (AvgIpc) is 3.38. The van der Waals surface area contributed by atoms with Crippen LogP contribution in [0.15, 0.2) is 29.1 Å². The third kappa shape index (κ3) is 3.60. The standard InChI is InChI=1S/C21H27N7O3/c1-26-16-4-2-3-5-17(16)28(21(26)30)20-24-13-18(31-20)19(29)25-14-12-23-7-6-15(14)27-10-8-22-9-11-27/h6-7,12-13,16-17,22H,2-5,8-11H2,1H3,(H,25,29). The lowest BCUT2D eigenvalue weighted by Crippen LogP contribution is -2.43. The number of oxazole rings is 1. The van der Waals surface area contributed by atoms with Crippen LogP contribution in [-0.4, -0.2) is 72.1 Å². The Balaban J connectivity index is 1.34. The summed E-state index contributed by atoms with van der Waals surface area (Å²) in [5.41, 5.74) is 1.54. The summed E-state index contributed by atoms with van der Waals surface area (Å²) in [7, 11) is 1.82. The molecule has 2 aromatic rings. The van der Waals surface area contributed by atoms with Gasteiger partial charge in [-0.05, 0) is 18.9 Å². The zero-order valence-corrected chi connectivity index (χ0v) is 17.6. The van der Waals surface area contributed by atoms with E-state index in [1.807, 2.05) is 13.1 Å². The molecule has 2 atom stereocenters. The number of urea groups is 1. The minimum Gasteiger partial charge on any atom is -0.418 e. The van der Waals surface area contributed by atoms with Crippen molar-refractivity contribution in [1.29, 1.82) is 0 Å². The Hall–Kier alpha value is -3.14. The molecule has 1 saturated carbocycles. The molecule has 2 unspecified atom stereocenters. The minimum atomic E-state index is -0.414. The quantitative estimate of drug-likeness (QED) is 0.771. The molecule has 164 valence electrons. The molecule has 1 aliphatic carbocycles. The van der Waals surface area contributed by atoms with Crippen molar-refractivity contribution in [2.75, 3.05) is 48.3 Å². The van der Waals surface area contributed by atoms with E-state index in [1.165, 1.54) is 6.20 Å². The first-order chi connectivity index (χ1) is 15.1. The molecular formula is C21H27N7O3. The molecular weight excluding hydrogens is 398 g/mol. The molecule has 0 radical (unpaired) electrons. The van der Waals surface area contributed by atoms with E-state index < -0.39 is 5.91 Å². The van der Waals surface area contributed by atoms with Crippen LogP contribution < -0.4 is 20.4 Å². The number of pyridine rings is 1. The Labute approximate surface area is 180 Å². The molecule has 31 heavy (non-hydrogen) atoms. The first-order valence-electron chi connectivity index (χ1n) is 10.9. The Bertz CT molecular complexity index is 971. The molecule has 3 aliphatic rings. The molecule has 2 N–H and O–H groups in total. The van der Waals surface area contributed by atoms with E-state index in [-0.39, 0.29) is 29.9 Å². The van der Waals surface area contributed by atoms with Gasteiger partial charge in [-0.2, -0.15) is 0 Å². The van der Waals surface area contributed by atoms with Gasteiger partial charge >= 0.3 is 12.0 Å². The number of carbonyl (C=O) groups excluding carboxylic acids is 2. The van der Waals surface area contributed by atoms with Gasteiger partial charge in [0.25, 0.3) is 5.91 Å². The van der Waals surface area contributed by atoms with Crippen molar-refractivity contribution in [2.45, 2.75) is 37.8 Å². The number of carbonyl (C=O) groups is 2. The summed E-state index contributed by atoms with van der Waals surface area (Å²) < 4.78 is 5.77. The van der Waals surface area contributed by atoms with Gasteiger partial charge in [-0.3, -0.25) is 9.78 Å². The second-order valence-electron chi connectivity index (χ2n) is 8.27. The third-order valence-electron chi connectivity index (χ3n) is 6.46. The minimum absolute atomic E-state index is 0.0402. The van der Waals surface area contributed by atoms with Crippen LogP contribution in [0.5, 0.6) is 0 Å². The van der Waals surface area contributed by atoms with Gasteiger partial charge in [0.1, 0.15) is 0 Å². The predicted octanol–water partition coefficient (Wildman–Crippen LogP) is 1.91. The van der Waals surface area contributed by atoms with Gasteiger partial charge < -0.3 is 24.9 Å². The molecule has 10 heteroatoms. The molecule has 3 amide bonds. The van der Waals surface area contributed by atoms with Gasteiger partial charge in [-0.25, -0.2) is 14.7 Å². The van der Waals surface area contributed by atoms with Crippen molar-refractivity contribution >= 4 is 29.3 Å². The molecule has 0 bridgehead atoms. The number of amides is 3. The van der Waals surface area contributed by atoms with Crippen LogP contribution in [0.4, 0.5) is 22.2 Å². The first kappa shape index (κ1) is 19.8. The van der Waals surface area contributed by atoms with E-state index in [1.54, 1.807) is 22.2 Å². The van der Waals surface area contributed by atoms with E-state index in [0.717, 1.165) is 57.5 Å². The number of aromatic nitrogens is 2. The lowest BCUT2D eigenvalue weighted by Gasteiger charge is -2.30. The average molecular weight is 425 g/mol. The molecule has 0 spiro atoms. The highest BCUT2D eigenvalue weighted by Gasteiger charge is 2.47. The fourth-order valence-corrected chi connectivity index (χ4v) is 4.85. The van der Waals surface area contributed by atoms with Gasteiger partial charge in [0.05, 0.1) is 35.9 Å². The smallest absolute Gasteiger partial charge is 0.328 e. The zero-order valence-electron chi connectivity index (χ0n) is 17.6. The number of nitrogens with one attached hydrogen (secondary N) is 2. The fraction of sp³-hybridized carbons (Fsp3) is 0.524. The van der Waals surface area contributed by atoms with Crippen LogP contribution in [0.3, 0.4) is 0 Å². The van der Waals surface area contributed by atoms with Gasteiger partial charge in [0.15, 0.2) is 0 Å². The van der Waals surface area contributed by atoms with E-state index >= 15 is 0 Å². The summed E-state index contributed by atoms with van der Waals surface area (Å²) in [6, 6.07) is 2.17. The number of anilines is 3. The van der Waals surface area contributed by atoms with Crippen molar-refractivity contribution in [2.24, 2.45) is 0 Å². The summed E-state index contributed by atoms with van der Waals surface area (Å²) in [6.45, 7) is 3.49. The Morgan fingerprint density at radius 2 is 1.97 bits per heavy atom. The molecule has 3 fully saturated rings. The molecule has 2 saturated heterocycles. The number of nitrogens with zero attached hydrogens (tertiary/aromatic N) is 5. The summed E-state index contributed by atoms with van der Waals surface area (Å²) in [5, 5.41) is 6.22. The topological polar surface area (TPSA) is 107 Å². The van der Waals surface area contributed by atoms with Crippen LogP contribution in [0.2, 0.25) is 0 Å².